The van der Waals surface area contributed by atoms with Gasteiger partial charge in [0, 0.05) is 17.3 Å². The normalized spacial score (nSPS) is 10.7. The molecule has 0 aliphatic rings. The number of hydrogen-bond acceptors (Lipinski definition) is 3. The first-order valence-electron chi connectivity index (χ1n) is 6.32. The number of pyridine rings is 1. The van der Waals surface area contributed by atoms with Crippen LogP contribution in [-0.4, -0.2) is 4.98 Å². The monoisotopic (exact) mass is 267 g/mol. The van der Waals surface area contributed by atoms with Crippen LogP contribution in [-0.2, 0) is 0 Å². The highest BCUT2D eigenvalue weighted by Crippen LogP contribution is 2.30. The number of anilines is 3. The second-order valence-electron chi connectivity index (χ2n) is 4.66. The first-order valence-corrected chi connectivity index (χ1v) is 6.32. The zero-order valence-electron chi connectivity index (χ0n) is 11.0. The number of aryl methyl sites for hydroxylation is 1. The van der Waals surface area contributed by atoms with Crippen molar-refractivity contribution in [3.05, 3.63) is 60.0 Å². The molecule has 1 heterocycles. The summed E-state index contributed by atoms with van der Waals surface area (Å²) in [7, 11) is 0. The van der Waals surface area contributed by atoms with Crippen LogP contribution in [0.1, 0.15) is 5.56 Å². The lowest BCUT2D eigenvalue weighted by Gasteiger charge is -2.13. The van der Waals surface area contributed by atoms with Crippen molar-refractivity contribution in [1.82, 2.24) is 4.98 Å². The Morgan fingerprint density at radius 1 is 1.10 bits per heavy atom. The van der Waals surface area contributed by atoms with Gasteiger partial charge in [-0.25, -0.2) is 4.39 Å². The molecule has 1 aromatic heterocycles. The van der Waals surface area contributed by atoms with E-state index < -0.39 is 0 Å². The molecule has 0 aliphatic heterocycles. The van der Waals surface area contributed by atoms with Gasteiger partial charge in [0.1, 0.15) is 5.82 Å². The maximum Gasteiger partial charge on any atom is 0.146 e. The minimum atomic E-state index is -0.279. The van der Waals surface area contributed by atoms with Gasteiger partial charge >= 0.3 is 0 Å². The molecule has 0 fully saturated rings. The Kier molecular flexibility index (Phi) is 2.99. The molecule has 0 bridgehead atoms. The number of nitrogen functional groups attached to an aromatic ring is 1. The number of nitrogens with two attached hydrogens (primary N) is 1. The number of rotatable bonds is 2. The van der Waals surface area contributed by atoms with Gasteiger partial charge in [0.25, 0.3) is 0 Å². The van der Waals surface area contributed by atoms with Crippen molar-refractivity contribution < 1.29 is 4.39 Å². The van der Waals surface area contributed by atoms with Crippen molar-refractivity contribution in [2.45, 2.75) is 6.92 Å². The number of hydrogen-bond donors (Lipinski definition) is 2. The first-order chi connectivity index (χ1) is 9.66. The highest BCUT2D eigenvalue weighted by molar-refractivity contribution is 5.98. The van der Waals surface area contributed by atoms with Gasteiger partial charge in [-0.3, -0.25) is 4.98 Å². The second-order valence-corrected chi connectivity index (χ2v) is 4.66. The third-order valence-corrected chi connectivity index (χ3v) is 3.28. The van der Waals surface area contributed by atoms with Crippen molar-refractivity contribution in [1.29, 1.82) is 0 Å². The summed E-state index contributed by atoms with van der Waals surface area (Å²) in [5, 5.41) is 4.01. The summed E-state index contributed by atoms with van der Waals surface area (Å²) in [6.07, 6.45) is 1.66. The molecule has 100 valence electrons. The average Bonchev–Trinajstić information content (AvgIpc) is 2.44. The SMILES string of the molecule is Cc1cccc(F)c1Nc1ccnc2c(N)cccc12. The molecule has 3 nitrogen and oxygen atoms in total. The van der Waals surface area contributed by atoms with E-state index in [1.54, 1.807) is 18.3 Å². The largest absolute Gasteiger partial charge is 0.397 e. The molecule has 4 heteroatoms. The van der Waals surface area contributed by atoms with Gasteiger partial charge in [0.05, 0.1) is 16.9 Å². The zero-order valence-corrected chi connectivity index (χ0v) is 11.0. The minimum absolute atomic E-state index is 0.279. The van der Waals surface area contributed by atoms with Gasteiger partial charge in [-0.05, 0) is 30.7 Å². The first kappa shape index (κ1) is 12.4. The standard InChI is InChI=1S/C16H14FN3/c1-10-4-2-6-12(17)15(10)20-14-8-9-19-16-11(14)5-3-7-13(16)18/h2-9H,18H2,1H3,(H,19,20). The number of halogens is 1. The molecule has 0 atom stereocenters. The van der Waals surface area contributed by atoms with E-state index in [9.17, 15) is 4.39 Å². The Hall–Kier alpha value is -2.62. The van der Waals surface area contributed by atoms with Crippen LogP contribution < -0.4 is 11.1 Å². The molecule has 0 spiro atoms. The lowest BCUT2D eigenvalue weighted by atomic mass is 10.1. The van der Waals surface area contributed by atoms with Crippen LogP contribution >= 0.6 is 0 Å². The molecule has 0 saturated carbocycles. The number of nitrogens with one attached hydrogen (secondary N) is 1. The molecule has 2 aromatic carbocycles. The van der Waals surface area contributed by atoms with Crippen molar-refractivity contribution >= 4 is 28.0 Å². The van der Waals surface area contributed by atoms with Crippen molar-refractivity contribution in [3.63, 3.8) is 0 Å². The summed E-state index contributed by atoms with van der Waals surface area (Å²) in [6, 6.07) is 12.4. The maximum atomic E-state index is 13.9. The van der Waals surface area contributed by atoms with Gasteiger partial charge < -0.3 is 11.1 Å². The Bertz CT molecular complexity index is 764. The molecule has 3 rings (SSSR count). The van der Waals surface area contributed by atoms with Crippen LogP contribution in [0.5, 0.6) is 0 Å². The fraction of sp³-hybridized carbons (Fsp3) is 0.0625. The highest BCUT2D eigenvalue weighted by atomic mass is 19.1. The summed E-state index contributed by atoms with van der Waals surface area (Å²) in [4.78, 5) is 4.27. The Morgan fingerprint density at radius 2 is 1.90 bits per heavy atom. The predicted octanol–water partition coefficient (Wildman–Crippen LogP) is 4.01. The van der Waals surface area contributed by atoms with E-state index in [0.29, 0.717) is 16.9 Å². The smallest absolute Gasteiger partial charge is 0.146 e. The summed E-state index contributed by atoms with van der Waals surface area (Å²) in [6.45, 7) is 1.86. The van der Waals surface area contributed by atoms with Crippen LogP contribution in [0.15, 0.2) is 48.7 Å². The predicted molar refractivity (Wildman–Crippen MR) is 80.6 cm³/mol. The molecule has 0 unspecified atom stereocenters. The van der Waals surface area contributed by atoms with E-state index in [0.717, 1.165) is 16.6 Å². The molecule has 20 heavy (non-hydrogen) atoms. The molecule has 0 saturated heterocycles. The van der Waals surface area contributed by atoms with Crippen LogP contribution in [0, 0.1) is 12.7 Å². The average molecular weight is 267 g/mol. The van der Waals surface area contributed by atoms with Crippen LogP contribution in [0.4, 0.5) is 21.5 Å². The molecular formula is C16H14FN3. The van der Waals surface area contributed by atoms with E-state index >= 15 is 0 Å². The Labute approximate surface area is 116 Å². The van der Waals surface area contributed by atoms with E-state index in [1.807, 2.05) is 31.2 Å². The topological polar surface area (TPSA) is 50.9 Å². The number of fused-ring (bicyclic) bond motifs is 1. The summed E-state index contributed by atoms with van der Waals surface area (Å²) in [5.74, 6) is -0.279. The second kappa shape index (κ2) is 4.81. The quantitative estimate of drug-likeness (QED) is 0.690. The molecule has 0 aliphatic carbocycles. The number of para-hydroxylation sites is 2. The third kappa shape index (κ3) is 2.05. The molecular weight excluding hydrogens is 253 g/mol. The molecule has 0 amide bonds. The summed E-state index contributed by atoms with van der Waals surface area (Å²) >= 11 is 0. The molecule has 3 N–H and O–H groups in total. The van der Waals surface area contributed by atoms with Gasteiger partial charge in [0.2, 0.25) is 0 Å². The van der Waals surface area contributed by atoms with E-state index in [-0.39, 0.29) is 5.82 Å². The van der Waals surface area contributed by atoms with Crippen LogP contribution in [0.2, 0.25) is 0 Å². The Balaban J connectivity index is 2.14. The summed E-state index contributed by atoms with van der Waals surface area (Å²) in [5.41, 5.74) is 9.34. The van der Waals surface area contributed by atoms with E-state index in [4.69, 9.17) is 5.73 Å². The van der Waals surface area contributed by atoms with Gasteiger partial charge in [-0.15, -0.1) is 0 Å². The number of nitrogens with zero attached hydrogens (tertiary/aromatic N) is 1. The van der Waals surface area contributed by atoms with Crippen molar-refractivity contribution in [2.75, 3.05) is 11.1 Å². The fourth-order valence-electron chi connectivity index (χ4n) is 2.23. The highest BCUT2D eigenvalue weighted by Gasteiger charge is 2.09. The fourth-order valence-corrected chi connectivity index (χ4v) is 2.23. The van der Waals surface area contributed by atoms with Crippen LogP contribution in [0.3, 0.4) is 0 Å². The number of benzene rings is 2. The molecule has 0 radical (unpaired) electrons. The zero-order chi connectivity index (χ0) is 14.1. The van der Waals surface area contributed by atoms with Crippen molar-refractivity contribution in [2.24, 2.45) is 0 Å². The third-order valence-electron chi connectivity index (χ3n) is 3.28. The maximum absolute atomic E-state index is 13.9. The minimum Gasteiger partial charge on any atom is -0.397 e. The van der Waals surface area contributed by atoms with Crippen molar-refractivity contribution in [3.8, 4) is 0 Å². The van der Waals surface area contributed by atoms with E-state index in [1.165, 1.54) is 6.07 Å². The molecule has 3 aromatic rings. The lowest BCUT2D eigenvalue weighted by Crippen LogP contribution is -1.98. The summed E-state index contributed by atoms with van der Waals surface area (Å²) < 4.78 is 13.9. The van der Waals surface area contributed by atoms with E-state index in [2.05, 4.69) is 10.3 Å². The Morgan fingerprint density at radius 3 is 2.70 bits per heavy atom. The number of aromatic nitrogens is 1. The lowest BCUT2D eigenvalue weighted by molar-refractivity contribution is 0.631. The van der Waals surface area contributed by atoms with Crippen LogP contribution in [0.25, 0.3) is 10.9 Å². The van der Waals surface area contributed by atoms with Gasteiger partial charge in [0.15, 0.2) is 0 Å². The van der Waals surface area contributed by atoms with Gasteiger partial charge in [-0.2, -0.15) is 0 Å². The van der Waals surface area contributed by atoms with Gasteiger partial charge in [-0.1, -0.05) is 24.3 Å².